The minimum Gasteiger partial charge on any atom is -0.462 e. The van der Waals surface area contributed by atoms with E-state index in [-0.39, 0.29) is 6.04 Å². The van der Waals surface area contributed by atoms with E-state index in [0.717, 1.165) is 25.7 Å². The number of rotatable bonds is 4. The molecule has 22 heavy (non-hydrogen) atoms. The van der Waals surface area contributed by atoms with Gasteiger partial charge in [0.25, 0.3) is 0 Å². The number of nitrogens with one attached hydrogen (secondary N) is 2. The zero-order valence-corrected chi connectivity index (χ0v) is 12.6. The van der Waals surface area contributed by atoms with Gasteiger partial charge in [-0.3, -0.25) is 9.59 Å². The first-order valence-electron chi connectivity index (χ1n) is 7.49. The Balaban J connectivity index is 1.88. The second-order valence-electron chi connectivity index (χ2n) is 5.21. The molecule has 0 saturated heterocycles. The number of esters is 1. The highest BCUT2D eigenvalue weighted by molar-refractivity contribution is 6.39. The third-order valence-electron chi connectivity index (χ3n) is 3.55. The maximum Gasteiger partial charge on any atom is 0.338 e. The van der Waals surface area contributed by atoms with Crippen LogP contribution in [0.2, 0.25) is 0 Å². The lowest BCUT2D eigenvalue weighted by Gasteiger charge is -2.11. The van der Waals surface area contributed by atoms with Gasteiger partial charge >= 0.3 is 17.8 Å². The van der Waals surface area contributed by atoms with Crippen molar-refractivity contribution < 1.29 is 19.1 Å². The quantitative estimate of drug-likeness (QED) is 0.657. The predicted molar refractivity (Wildman–Crippen MR) is 81.4 cm³/mol. The Morgan fingerprint density at radius 3 is 2.32 bits per heavy atom. The van der Waals surface area contributed by atoms with Crippen LogP contribution in [0.15, 0.2) is 24.3 Å². The van der Waals surface area contributed by atoms with E-state index >= 15 is 0 Å². The first-order valence-corrected chi connectivity index (χ1v) is 7.49. The Kier molecular flexibility index (Phi) is 5.52. The number of hydrogen-bond donors (Lipinski definition) is 2. The van der Waals surface area contributed by atoms with Crippen LogP contribution in [0.3, 0.4) is 0 Å². The number of carbonyl (C=O) groups is 3. The van der Waals surface area contributed by atoms with Gasteiger partial charge < -0.3 is 15.4 Å². The van der Waals surface area contributed by atoms with E-state index in [1.54, 1.807) is 31.2 Å². The van der Waals surface area contributed by atoms with E-state index in [1.807, 2.05) is 0 Å². The summed E-state index contributed by atoms with van der Waals surface area (Å²) in [4.78, 5) is 35.1. The SMILES string of the molecule is CCOC(=O)c1ccc(NC(=O)C(=O)NC2CCCC2)cc1. The third-order valence-corrected chi connectivity index (χ3v) is 3.55. The lowest BCUT2D eigenvalue weighted by molar-refractivity contribution is -0.136. The van der Waals surface area contributed by atoms with E-state index in [4.69, 9.17) is 4.74 Å². The number of benzene rings is 1. The Hall–Kier alpha value is -2.37. The van der Waals surface area contributed by atoms with Gasteiger partial charge in [0, 0.05) is 11.7 Å². The highest BCUT2D eigenvalue weighted by atomic mass is 16.5. The Morgan fingerprint density at radius 1 is 1.09 bits per heavy atom. The molecule has 1 fully saturated rings. The number of anilines is 1. The van der Waals surface area contributed by atoms with Crippen molar-refractivity contribution in [2.24, 2.45) is 0 Å². The van der Waals surface area contributed by atoms with Crippen LogP contribution in [0.1, 0.15) is 43.0 Å². The maximum atomic E-state index is 11.8. The van der Waals surface area contributed by atoms with Crippen LogP contribution in [-0.2, 0) is 14.3 Å². The van der Waals surface area contributed by atoms with Gasteiger partial charge in [-0.25, -0.2) is 4.79 Å². The normalized spacial score (nSPS) is 14.4. The van der Waals surface area contributed by atoms with Crippen LogP contribution in [0.4, 0.5) is 5.69 Å². The number of ether oxygens (including phenoxy) is 1. The average Bonchev–Trinajstić information content (AvgIpc) is 3.01. The van der Waals surface area contributed by atoms with E-state index in [1.165, 1.54) is 0 Å². The highest BCUT2D eigenvalue weighted by Gasteiger charge is 2.21. The molecule has 2 amide bonds. The molecule has 1 aliphatic carbocycles. The maximum absolute atomic E-state index is 11.8. The zero-order chi connectivity index (χ0) is 15.9. The van der Waals surface area contributed by atoms with Crippen molar-refractivity contribution in [3.05, 3.63) is 29.8 Å². The number of hydrogen-bond acceptors (Lipinski definition) is 4. The largest absolute Gasteiger partial charge is 0.462 e. The lowest BCUT2D eigenvalue weighted by Crippen LogP contribution is -2.40. The van der Waals surface area contributed by atoms with Gasteiger partial charge in [-0.15, -0.1) is 0 Å². The highest BCUT2D eigenvalue weighted by Crippen LogP contribution is 2.17. The van der Waals surface area contributed by atoms with Crippen LogP contribution >= 0.6 is 0 Å². The molecule has 0 unspecified atom stereocenters. The molecule has 0 heterocycles. The van der Waals surface area contributed by atoms with E-state index < -0.39 is 17.8 Å². The Labute approximate surface area is 129 Å². The van der Waals surface area contributed by atoms with Crippen LogP contribution in [-0.4, -0.2) is 30.4 Å². The Morgan fingerprint density at radius 2 is 1.73 bits per heavy atom. The van der Waals surface area contributed by atoms with Gasteiger partial charge in [0.15, 0.2) is 0 Å². The van der Waals surface area contributed by atoms with Crippen molar-refractivity contribution in [1.29, 1.82) is 0 Å². The fourth-order valence-corrected chi connectivity index (χ4v) is 2.41. The van der Waals surface area contributed by atoms with Gasteiger partial charge in [-0.1, -0.05) is 12.8 Å². The summed E-state index contributed by atoms with van der Waals surface area (Å²) in [6.45, 7) is 2.04. The lowest BCUT2D eigenvalue weighted by atomic mass is 10.2. The van der Waals surface area contributed by atoms with Crippen molar-refractivity contribution >= 4 is 23.5 Å². The molecule has 1 aliphatic rings. The molecular formula is C16H20N2O4. The molecule has 2 rings (SSSR count). The molecule has 118 valence electrons. The summed E-state index contributed by atoms with van der Waals surface area (Å²) in [6.07, 6.45) is 4.02. The molecule has 1 aromatic carbocycles. The minimum atomic E-state index is -0.698. The van der Waals surface area contributed by atoms with Crippen LogP contribution in [0.5, 0.6) is 0 Å². The summed E-state index contributed by atoms with van der Waals surface area (Å²) in [5.74, 6) is -1.74. The number of carbonyl (C=O) groups excluding carboxylic acids is 3. The van der Waals surface area contributed by atoms with Crippen LogP contribution < -0.4 is 10.6 Å². The third kappa shape index (κ3) is 4.31. The summed E-state index contributed by atoms with van der Waals surface area (Å²) < 4.78 is 4.87. The molecule has 6 heteroatoms. The van der Waals surface area contributed by atoms with E-state index in [9.17, 15) is 14.4 Å². The summed E-state index contributed by atoms with van der Waals surface area (Å²) >= 11 is 0. The van der Waals surface area contributed by atoms with Crippen molar-refractivity contribution in [2.75, 3.05) is 11.9 Å². The summed E-state index contributed by atoms with van der Waals surface area (Å²) in [5.41, 5.74) is 0.856. The molecule has 0 bridgehead atoms. The molecule has 0 radical (unpaired) electrons. The zero-order valence-electron chi connectivity index (χ0n) is 12.6. The minimum absolute atomic E-state index is 0.101. The molecule has 0 aliphatic heterocycles. The molecule has 0 spiro atoms. The smallest absolute Gasteiger partial charge is 0.338 e. The topological polar surface area (TPSA) is 84.5 Å². The Bertz CT molecular complexity index is 548. The van der Waals surface area contributed by atoms with Gasteiger partial charge in [-0.05, 0) is 44.0 Å². The van der Waals surface area contributed by atoms with Gasteiger partial charge in [-0.2, -0.15) is 0 Å². The first kappa shape index (κ1) is 16.0. The van der Waals surface area contributed by atoms with Crippen molar-refractivity contribution in [3.63, 3.8) is 0 Å². The van der Waals surface area contributed by atoms with Gasteiger partial charge in [0.1, 0.15) is 0 Å². The molecule has 1 saturated carbocycles. The van der Waals surface area contributed by atoms with Crippen LogP contribution in [0.25, 0.3) is 0 Å². The fourth-order valence-electron chi connectivity index (χ4n) is 2.41. The summed E-state index contributed by atoms with van der Waals surface area (Å²) in [7, 11) is 0. The monoisotopic (exact) mass is 304 g/mol. The molecule has 2 N–H and O–H groups in total. The molecular weight excluding hydrogens is 284 g/mol. The van der Waals surface area contributed by atoms with Gasteiger partial charge in [0.2, 0.25) is 0 Å². The second kappa shape index (κ2) is 7.59. The average molecular weight is 304 g/mol. The van der Waals surface area contributed by atoms with Crippen molar-refractivity contribution in [1.82, 2.24) is 5.32 Å². The predicted octanol–water partition coefficient (Wildman–Crippen LogP) is 1.86. The molecule has 1 aromatic rings. The molecule has 0 aromatic heterocycles. The molecule has 0 atom stereocenters. The summed E-state index contributed by atoms with van der Waals surface area (Å²) in [5, 5.41) is 5.23. The van der Waals surface area contributed by atoms with Crippen molar-refractivity contribution in [2.45, 2.75) is 38.6 Å². The first-order chi connectivity index (χ1) is 10.6. The van der Waals surface area contributed by atoms with Crippen LogP contribution in [0, 0.1) is 0 Å². The van der Waals surface area contributed by atoms with E-state index in [0.29, 0.717) is 17.9 Å². The standard InChI is InChI=1S/C16H20N2O4/c1-2-22-16(21)11-7-9-13(10-8-11)18-15(20)14(19)17-12-5-3-4-6-12/h7-10,12H,2-6H2,1H3,(H,17,19)(H,18,20). The fraction of sp³-hybridized carbons (Fsp3) is 0.438. The number of amides is 2. The summed E-state index contributed by atoms with van der Waals surface area (Å²) in [6, 6.07) is 6.31. The second-order valence-corrected chi connectivity index (χ2v) is 5.21. The van der Waals surface area contributed by atoms with E-state index in [2.05, 4.69) is 10.6 Å². The van der Waals surface area contributed by atoms with Gasteiger partial charge in [0.05, 0.1) is 12.2 Å². The van der Waals surface area contributed by atoms with Crippen molar-refractivity contribution in [3.8, 4) is 0 Å². The molecule has 6 nitrogen and oxygen atoms in total.